The van der Waals surface area contributed by atoms with E-state index >= 15 is 0 Å². The van der Waals surface area contributed by atoms with E-state index in [9.17, 15) is 13.2 Å². The Bertz CT molecular complexity index is 999. The maximum Gasteiger partial charge on any atom is 0.422 e. The highest BCUT2D eigenvalue weighted by molar-refractivity contribution is 7.98. The van der Waals surface area contributed by atoms with Crippen LogP contribution < -0.4 is 9.64 Å². The molecule has 1 aromatic carbocycles. The quantitative estimate of drug-likeness (QED) is 0.415. The number of thioether (sulfide) groups is 1. The number of benzene rings is 1. The minimum Gasteiger partial charge on any atom is -0.484 e. The molecule has 1 aliphatic heterocycles. The number of hydrogen-bond donors (Lipinski definition) is 0. The summed E-state index contributed by atoms with van der Waals surface area (Å²) in [7, 11) is 0. The van der Waals surface area contributed by atoms with Gasteiger partial charge in [0.05, 0.1) is 12.8 Å². The number of hydrogen-bond acceptors (Lipinski definition) is 6. The molecule has 0 atom stereocenters. The zero-order chi connectivity index (χ0) is 22.6. The third kappa shape index (κ3) is 5.99. The van der Waals surface area contributed by atoms with Gasteiger partial charge in [-0.2, -0.15) is 13.2 Å². The number of aromatic nitrogens is 3. The molecule has 0 amide bonds. The lowest BCUT2D eigenvalue weighted by atomic mass is 10.00. The van der Waals surface area contributed by atoms with Gasteiger partial charge in [-0.3, -0.25) is 4.57 Å². The SMILES string of the molecule is CC1CCN(c2nnc(SCc3cccc(OCC(F)(F)F)c3)n2Cc2ccco2)CC1. The van der Waals surface area contributed by atoms with Gasteiger partial charge >= 0.3 is 6.18 Å². The van der Waals surface area contributed by atoms with Crippen molar-refractivity contribution in [3.63, 3.8) is 0 Å². The van der Waals surface area contributed by atoms with Crippen molar-refractivity contribution in [3.05, 3.63) is 54.0 Å². The van der Waals surface area contributed by atoms with Gasteiger partial charge in [0.15, 0.2) is 11.8 Å². The molecule has 0 saturated carbocycles. The molecular formula is C22H25F3N4O2S. The molecule has 0 bridgehead atoms. The lowest BCUT2D eigenvalue weighted by Gasteiger charge is -2.31. The van der Waals surface area contributed by atoms with E-state index in [1.165, 1.54) is 17.8 Å². The summed E-state index contributed by atoms with van der Waals surface area (Å²) in [6.45, 7) is 3.33. The van der Waals surface area contributed by atoms with Crippen molar-refractivity contribution in [1.82, 2.24) is 14.8 Å². The van der Waals surface area contributed by atoms with E-state index in [0.717, 1.165) is 48.4 Å². The predicted molar refractivity (Wildman–Crippen MR) is 116 cm³/mol. The molecule has 0 spiro atoms. The van der Waals surface area contributed by atoms with E-state index in [0.29, 0.717) is 18.2 Å². The van der Waals surface area contributed by atoms with Crippen LogP contribution in [0, 0.1) is 5.92 Å². The van der Waals surface area contributed by atoms with Crippen LogP contribution in [0.5, 0.6) is 5.75 Å². The molecule has 172 valence electrons. The van der Waals surface area contributed by atoms with E-state index in [2.05, 4.69) is 22.0 Å². The molecule has 3 heterocycles. The van der Waals surface area contributed by atoms with E-state index in [-0.39, 0.29) is 5.75 Å². The topological polar surface area (TPSA) is 56.3 Å². The van der Waals surface area contributed by atoms with E-state index in [1.807, 2.05) is 22.8 Å². The normalized spacial score (nSPS) is 15.3. The smallest absolute Gasteiger partial charge is 0.422 e. The van der Waals surface area contributed by atoms with Gasteiger partial charge in [-0.25, -0.2) is 0 Å². The Balaban J connectivity index is 1.48. The predicted octanol–water partition coefficient (Wildman–Crippen LogP) is 5.39. The molecular weight excluding hydrogens is 441 g/mol. The molecule has 4 rings (SSSR count). The fourth-order valence-electron chi connectivity index (χ4n) is 3.57. The zero-order valence-electron chi connectivity index (χ0n) is 17.7. The molecule has 10 heteroatoms. The van der Waals surface area contributed by atoms with Crippen LogP contribution in [0.15, 0.2) is 52.2 Å². The highest BCUT2D eigenvalue weighted by atomic mass is 32.2. The largest absolute Gasteiger partial charge is 0.484 e. The lowest BCUT2D eigenvalue weighted by molar-refractivity contribution is -0.153. The third-order valence-corrected chi connectivity index (χ3v) is 6.36. The van der Waals surface area contributed by atoms with Crippen LogP contribution in [0.1, 0.15) is 31.1 Å². The summed E-state index contributed by atoms with van der Waals surface area (Å²) in [6, 6.07) is 10.5. The lowest BCUT2D eigenvalue weighted by Crippen LogP contribution is -2.35. The second-order valence-electron chi connectivity index (χ2n) is 7.96. The molecule has 0 radical (unpaired) electrons. The number of halogens is 3. The second-order valence-corrected chi connectivity index (χ2v) is 8.90. The van der Waals surface area contributed by atoms with Crippen molar-refractivity contribution in [2.45, 2.75) is 43.4 Å². The number of alkyl halides is 3. The fourth-order valence-corrected chi connectivity index (χ4v) is 4.44. The average Bonchev–Trinajstić information content (AvgIpc) is 3.42. The molecule has 6 nitrogen and oxygen atoms in total. The molecule has 0 N–H and O–H groups in total. The first-order chi connectivity index (χ1) is 15.4. The van der Waals surface area contributed by atoms with Crippen molar-refractivity contribution in [2.24, 2.45) is 5.92 Å². The van der Waals surface area contributed by atoms with Crippen molar-refractivity contribution in [2.75, 3.05) is 24.6 Å². The van der Waals surface area contributed by atoms with E-state index in [1.54, 1.807) is 18.4 Å². The Labute approximate surface area is 188 Å². The standard InChI is InChI=1S/C22H25F3N4O2S/c1-16-7-9-28(10-8-16)20-26-27-21(29(20)13-19-6-3-11-30-19)32-14-17-4-2-5-18(12-17)31-15-22(23,24)25/h2-6,11-12,16H,7-10,13-15H2,1H3. The highest BCUT2D eigenvalue weighted by Gasteiger charge is 2.28. The number of rotatable bonds is 8. The highest BCUT2D eigenvalue weighted by Crippen LogP contribution is 2.29. The van der Waals surface area contributed by atoms with Crippen LogP contribution in [0.4, 0.5) is 19.1 Å². The van der Waals surface area contributed by atoms with Crippen LogP contribution in [0.25, 0.3) is 0 Å². The van der Waals surface area contributed by atoms with Gasteiger partial charge in [0.1, 0.15) is 11.5 Å². The summed E-state index contributed by atoms with van der Waals surface area (Å²) in [4.78, 5) is 2.26. The van der Waals surface area contributed by atoms with Crippen LogP contribution in [-0.4, -0.2) is 40.6 Å². The Morgan fingerprint density at radius 3 is 2.69 bits per heavy atom. The van der Waals surface area contributed by atoms with Gasteiger partial charge in [-0.15, -0.1) is 10.2 Å². The molecule has 0 unspecified atom stereocenters. The van der Waals surface area contributed by atoms with Gasteiger partial charge in [-0.1, -0.05) is 30.8 Å². The van der Waals surface area contributed by atoms with E-state index < -0.39 is 12.8 Å². The monoisotopic (exact) mass is 466 g/mol. The van der Waals surface area contributed by atoms with Crippen molar-refractivity contribution in [3.8, 4) is 5.75 Å². The van der Waals surface area contributed by atoms with Crippen LogP contribution in [-0.2, 0) is 12.3 Å². The summed E-state index contributed by atoms with van der Waals surface area (Å²) in [5, 5.41) is 9.60. The Morgan fingerprint density at radius 2 is 1.97 bits per heavy atom. The van der Waals surface area contributed by atoms with Crippen LogP contribution in [0.3, 0.4) is 0 Å². The van der Waals surface area contributed by atoms with Crippen LogP contribution >= 0.6 is 11.8 Å². The molecule has 1 fully saturated rings. The Hall–Kier alpha value is -2.62. The molecule has 1 aliphatic rings. The summed E-state index contributed by atoms with van der Waals surface area (Å²) >= 11 is 1.48. The minimum atomic E-state index is -4.37. The Kier molecular flexibility index (Phi) is 6.98. The van der Waals surface area contributed by atoms with Crippen molar-refractivity contribution < 1.29 is 22.3 Å². The number of ether oxygens (including phenoxy) is 1. The molecule has 1 saturated heterocycles. The third-order valence-electron chi connectivity index (χ3n) is 5.33. The maximum absolute atomic E-state index is 12.4. The van der Waals surface area contributed by atoms with Crippen molar-refractivity contribution in [1.29, 1.82) is 0 Å². The van der Waals surface area contributed by atoms with Crippen LogP contribution in [0.2, 0.25) is 0 Å². The Morgan fingerprint density at radius 1 is 1.16 bits per heavy atom. The molecule has 0 aliphatic carbocycles. The van der Waals surface area contributed by atoms with Gasteiger partial charge in [0.25, 0.3) is 0 Å². The summed E-state index contributed by atoms with van der Waals surface area (Å²) in [5.74, 6) is 3.05. The number of nitrogens with zero attached hydrogens (tertiary/aromatic N) is 4. The number of anilines is 1. The molecule has 32 heavy (non-hydrogen) atoms. The minimum absolute atomic E-state index is 0.195. The maximum atomic E-state index is 12.4. The second kappa shape index (κ2) is 9.89. The van der Waals surface area contributed by atoms with Gasteiger partial charge in [0, 0.05) is 18.8 Å². The summed E-state index contributed by atoms with van der Waals surface area (Å²) < 4.78 is 49.7. The van der Waals surface area contributed by atoms with Crippen molar-refractivity contribution >= 4 is 17.7 Å². The van der Waals surface area contributed by atoms with Gasteiger partial charge in [-0.05, 0) is 48.6 Å². The first kappa shape index (κ1) is 22.6. The molecule has 3 aromatic rings. The summed E-state index contributed by atoms with van der Waals surface area (Å²) in [5.41, 5.74) is 0.843. The summed E-state index contributed by atoms with van der Waals surface area (Å²) in [6.07, 6.45) is -0.502. The van der Waals surface area contributed by atoms with E-state index in [4.69, 9.17) is 9.15 Å². The first-order valence-corrected chi connectivity index (χ1v) is 11.5. The van der Waals surface area contributed by atoms with Gasteiger partial charge < -0.3 is 14.1 Å². The fraction of sp³-hybridized carbons (Fsp3) is 0.455. The first-order valence-electron chi connectivity index (χ1n) is 10.5. The number of piperidine rings is 1. The zero-order valence-corrected chi connectivity index (χ0v) is 18.5. The average molecular weight is 467 g/mol. The van der Waals surface area contributed by atoms with Gasteiger partial charge in [0.2, 0.25) is 5.95 Å². The number of furan rings is 1. The molecule has 2 aromatic heterocycles.